The molecule has 0 saturated carbocycles. The van der Waals surface area contributed by atoms with Crippen molar-refractivity contribution < 1.29 is 9.90 Å². The van der Waals surface area contributed by atoms with Crippen LogP contribution in [0.25, 0.3) is 0 Å². The van der Waals surface area contributed by atoms with Crippen LogP contribution in [0.2, 0.25) is 5.02 Å². The van der Waals surface area contributed by atoms with Crippen molar-refractivity contribution in [3.8, 4) is 0 Å². The van der Waals surface area contributed by atoms with Crippen molar-refractivity contribution in [3.05, 3.63) is 87.7 Å². The normalized spacial score (nSPS) is 19.1. The highest BCUT2D eigenvalue weighted by Gasteiger charge is 2.29. The number of nitrogens with one attached hydrogen (secondary N) is 2. The first-order chi connectivity index (χ1) is 15.4. The topological polar surface area (TPSA) is 81.2 Å². The zero-order valence-electron chi connectivity index (χ0n) is 18.4. The predicted octanol–water partition coefficient (Wildman–Crippen LogP) is 4.04. The number of benzene rings is 2. The summed E-state index contributed by atoms with van der Waals surface area (Å²) in [6.07, 6.45) is 2.33. The number of carbonyl (C=O) groups excluding carboxylic acids is 1. The van der Waals surface area contributed by atoms with Gasteiger partial charge in [0.15, 0.2) is 0 Å². The van der Waals surface area contributed by atoms with E-state index in [9.17, 15) is 9.90 Å². The predicted molar refractivity (Wildman–Crippen MR) is 126 cm³/mol. The first kappa shape index (κ1) is 22.5. The molecule has 32 heavy (non-hydrogen) atoms. The van der Waals surface area contributed by atoms with Crippen LogP contribution in [-0.4, -0.2) is 45.2 Å². The minimum Gasteiger partial charge on any atom is -0.387 e. The van der Waals surface area contributed by atoms with Crippen LogP contribution in [0.15, 0.2) is 54.6 Å². The van der Waals surface area contributed by atoms with E-state index in [4.69, 9.17) is 11.6 Å². The highest BCUT2D eigenvalue weighted by atomic mass is 35.5. The van der Waals surface area contributed by atoms with E-state index >= 15 is 0 Å². The fourth-order valence-electron chi connectivity index (χ4n) is 4.31. The maximum Gasteiger partial charge on any atom is 0.253 e. The van der Waals surface area contributed by atoms with E-state index in [0.717, 1.165) is 36.2 Å². The Morgan fingerprint density at radius 2 is 1.91 bits per heavy atom. The monoisotopic (exact) mass is 452 g/mol. The number of amides is 1. The molecule has 0 bridgehead atoms. The number of H-pyrrole nitrogens is 1. The first-order valence-electron chi connectivity index (χ1n) is 10.9. The Labute approximate surface area is 193 Å². The zero-order chi connectivity index (χ0) is 22.7. The number of rotatable bonds is 7. The van der Waals surface area contributed by atoms with Gasteiger partial charge < -0.3 is 15.3 Å². The Hall–Kier alpha value is -2.67. The summed E-state index contributed by atoms with van der Waals surface area (Å²) in [6.45, 7) is 2.20. The summed E-state index contributed by atoms with van der Waals surface area (Å²) >= 11 is 6.22. The average Bonchev–Trinajstić information content (AvgIpc) is 3.41. The average molecular weight is 453 g/mol. The van der Waals surface area contributed by atoms with Crippen molar-refractivity contribution in [2.24, 2.45) is 0 Å². The Balaban J connectivity index is 1.32. The number of hydrogen-bond donors (Lipinski definition) is 3. The second-order valence-electron chi connectivity index (χ2n) is 8.57. The molecule has 1 amide bonds. The third kappa shape index (κ3) is 5.04. The molecular weight excluding hydrogens is 424 g/mol. The van der Waals surface area contributed by atoms with Gasteiger partial charge in [-0.25, -0.2) is 0 Å². The van der Waals surface area contributed by atoms with Crippen LogP contribution in [0.4, 0.5) is 0 Å². The van der Waals surface area contributed by atoms with Crippen LogP contribution in [0.5, 0.6) is 0 Å². The molecule has 1 fully saturated rings. The van der Waals surface area contributed by atoms with Gasteiger partial charge in [0, 0.05) is 24.7 Å². The van der Waals surface area contributed by atoms with Crippen LogP contribution in [-0.2, 0) is 13.0 Å². The van der Waals surface area contributed by atoms with Crippen molar-refractivity contribution in [2.45, 2.75) is 50.9 Å². The van der Waals surface area contributed by atoms with Gasteiger partial charge in [0.05, 0.1) is 29.1 Å². The van der Waals surface area contributed by atoms with Crippen molar-refractivity contribution in [1.82, 2.24) is 20.4 Å². The van der Waals surface area contributed by atoms with Crippen molar-refractivity contribution in [2.75, 3.05) is 7.05 Å². The van der Waals surface area contributed by atoms with Crippen LogP contribution in [0.1, 0.15) is 51.8 Å². The smallest absolute Gasteiger partial charge is 0.253 e. The highest BCUT2D eigenvalue weighted by Crippen LogP contribution is 2.27. The minimum atomic E-state index is -0.496. The molecule has 3 atom stereocenters. The Morgan fingerprint density at radius 1 is 1.19 bits per heavy atom. The summed E-state index contributed by atoms with van der Waals surface area (Å²) in [7, 11) is 1.75. The van der Waals surface area contributed by atoms with Crippen molar-refractivity contribution in [1.29, 1.82) is 0 Å². The third-order valence-corrected chi connectivity index (χ3v) is 6.67. The fourth-order valence-corrected chi connectivity index (χ4v) is 4.46. The third-order valence-electron chi connectivity index (χ3n) is 6.16. The molecule has 0 aliphatic carbocycles. The molecule has 1 aliphatic heterocycles. The summed E-state index contributed by atoms with van der Waals surface area (Å²) in [6, 6.07) is 17.9. The van der Waals surface area contributed by atoms with Gasteiger partial charge in [-0.15, -0.1) is 0 Å². The summed E-state index contributed by atoms with van der Waals surface area (Å²) in [5, 5.41) is 21.8. The molecule has 4 rings (SSSR count). The van der Waals surface area contributed by atoms with Crippen LogP contribution in [0, 0.1) is 6.92 Å². The Morgan fingerprint density at radius 3 is 2.56 bits per heavy atom. The van der Waals surface area contributed by atoms with Gasteiger partial charge >= 0.3 is 0 Å². The van der Waals surface area contributed by atoms with Gasteiger partial charge in [0.2, 0.25) is 0 Å². The van der Waals surface area contributed by atoms with Crippen LogP contribution in [0.3, 0.4) is 0 Å². The van der Waals surface area contributed by atoms with Gasteiger partial charge in [-0.05, 0) is 49.4 Å². The van der Waals surface area contributed by atoms with Gasteiger partial charge in [0.1, 0.15) is 0 Å². The van der Waals surface area contributed by atoms with Crippen molar-refractivity contribution in [3.63, 3.8) is 0 Å². The maximum atomic E-state index is 12.8. The highest BCUT2D eigenvalue weighted by molar-refractivity contribution is 6.31. The number of carbonyl (C=O) groups is 1. The molecule has 6 nitrogen and oxygen atoms in total. The molecule has 168 valence electrons. The summed E-state index contributed by atoms with van der Waals surface area (Å²) < 4.78 is 0. The first-order valence-corrected chi connectivity index (χ1v) is 11.3. The Kier molecular flexibility index (Phi) is 6.94. The molecule has 2 heterocycles. The standard InChI is InChI=1S/C25H29ClN4O2/c1-16-23(26)22(29-28-16)15-30(2)25(32)19-10-8-17(9-11-19)14-20-12-13-21(27-20)24(31)18-6-4-3-5-7-18/h3-11,20-21,24,27,31H,12-15H2,1-2H3,(H,28,29)/t20-,21+,24+/m0/s1. The number of aromatic nitrogens is 2. The SMILES string of the molecule is Cc1n[nH]c(CN(C)C(=O)c2ccc(C[C@@H]3CC[C@H]([C@H](O)c4ccccc4)N3)cc2)c1Cl. The summed E-state index contributed by atoms with van der Waals surface area (Å²) in [5.41, 5.74) is 4.22. The molecule has 0 radical (unpaired) electrons. The lowest BCUT2D eigenvalue weighted by atomic mass is 10.0. The lowest BCUT2D eigenvalue weighted by Gasteiger charge is -2.20. The fraction of sp³-hybridized carbons (Fsp3) is 0.360. The molecular formula is C25H29ClN4O2. The van der Waals surface area contributed by atoms with Crippen LogP contribution < -0.4 is 5.32 Å². The largest absolute Gasteiger partial charge is 0.387 e. The zero-order valence-corrected chi connectivity index (χ0v) is 19.1. The molecule has 0 spiro atoms. The summed E-state index contributed by atoms with van der Waals surface area (Å²) in [5.74, 6) is -0.0649. The number of nitrogens with zero attached hydrogens (tertiary/aromatic N) is 2. The number of halogens is 1. The molecule has 1 aromatic heterocycles. The van der Waals surface area contributed by atoms with Gasteiger partial charge in [-0.1, -0.05) is 54.1 Å². The quantitative estimate of drug-likeness (QED) is 0.505. The number of aromatic amines is 1. The number of aliphatic hydroxyl groups excluding tert-OH is 1. The second-order valence-corrected chi connectivity index (χ2v) is 8.94. The minimum absolute atomic E-state index is 0.0647. The number of aliphatic hydroxyl groups is 1. The van der Waals surface area contributed by atoms with E-state index in [-0.39, 0.29) is 11.9 Å². The number of hydrogen-bond acceptors (Lipinski definition) is 4. The van der Waals surface area contributed by atoms with Gasteiger partial charge in [-0.3, -0.25) is 9.89 Å². The second kappa shape index (κ2) is 9.86. The van der Waals surface area contributed by atoms with E-state index in [1.165, 1.54) is 5.56 Å². The Bertz CT molecular complexity index is 1050. The van der Waals surface area contributed by atoms with Gasteiger partial charge in [0.25, 0.3) is 5.91 Å². The molecule has 3 N–H and O–H groups in total. The van der Waals surface area contributed by atoms with Gasteiger partial charge in [-0.2, -0.15) is 5.10 Å². The van der Waals surface area contributed by atoms with E-state index in [1.54, 1.807) is 11.9 Å². The lowest BCUT2D eigenvalue weighted by Crippen LogP contribution is -2.35. The molecule has 3 aromatic rings. The van der Waals surface area contributed by atoms with Crippen molar-refractivity contribution >= 4 is 17.5 Å². The van der Waals surface area contributed by atoms with E-state index < -0.39 is 6.10 Å². The molecule has 1 saturated heterocycles. The van der Waals surface area contributed by atoms with Crippen LogP contribution >= 0.6 is 11.6 Å². The maximum absolute atomic E-state index is 12.8. The van der Waals surface area contributed by atoms with E-state index in [1.807, 2.05) is 61.5 Å². The van der Waals surface area contributed by atoms with E-state index in [0.29, 0.717) is 23.2 Å². The number of aryl methyl sites for hydroxylation is 1. The molecule has 1 aliphatic rings. The molecule has 7 heteroatoms. The lowest BCUT2D eigenvalue weighted by molar-refractivity contribution is 0.0783. The summed E-state index contributed by atoms with van der Waals surface area (Å²) in [4.78, 5) is 14.4. The molecule has 2 aromatic carbocycles. The van der Waals surface area contributed by atoms with E-state index in [2.05, 4.69) is 15.5 Å². The molecule has 0 unspecified atom stereocenters.